The number of amides is 2. The van der Waals surface area contributed by atoms with Crippen LogP contribution >= 0.6 is 0 Å². The maximum Gasteiger partial charge on any atom is 0.309 e. The van der Waals surface area contributed by atoms with Gasteiger partial charge < -0.3 is 25.0 Å². The lowest BCUT2D eigenvalue weighted by Gasteiger charge is -2.35. The predicted molar refractivity (Wildman–Crippen MR) is 129 cm³/mol. The number of benzene rings is 2. The third-order valence-electron chi connectivity index (χ3n) is 7.00. The molecular weight excluding hydrogens is 432 g/mol. The summed E-state index contributed by atoms with van der Waals surface area (Å²) >= 11 is 0. The smallest absolute Gasteiger partial charge is 0.309 e. The van der Waals surface area contributed by atoms with Gasteiger partial charge in [0.05, 0.1) is 6.04 Å². The number of hydrogen-bond acceptors (Lipinski definition) is 6. The van der Waals surface area contributed by atoms with Crippen molar-refractivity contribution in [3.05, 3.63) is 53.1 Å². The zero-order valence-electron chi connectivity index (χ0n) is 19.6. The Kier molecular flexibility index (Phi) is 6.58. The normalized spacial score (nSPS) is 17.9. The Morgan fingerprint density at radius 3 is 2.59 bits per heavy atom. The van der Waals surface area contributed by atoms with Crippen molar-refractivity contribution < 1.29 is 19.1 Å². The van der Waals surface area contributed by atoms with E-state index in [0.29, 0.717) is 18.0 Å². The van der Waals surface area contributed by atoms with Crippen LogP contribution in [0.1, 0.15) is 42.0 Å². The van der Waals surface area contributed by atoms with Crippen molar-refractivity contribution in [2.24, 2.45) is 0 Å². The fourth-order valence-electron chi connectivity index (χ4n) is 5.06. The van der Waals surface area contributed by atoms with E-state index in [9.17, 15) is 9.59 Å². The molecule has 5 rings (SSSR count). The highest BCUT2D eigenvalue weighted by Gasteiger charge is 2.26. The van der Waals surface area contributed by atoms with Crippen LogP contribution in [0.4, 0.5) is 5.69 Å². The van der Waals surface area contributed by atoms with Crippen LogP contribution in [0.2, 0.25) is 0 Å². The van der Waals surface area contributed by atoms with Crippen LogP contribution in [0.5, 0.6) is 11.5 Å². The number of carbonyl (C=O) groups is 2. The number of likely N-dealkylation sites (N-methyl/N-ethyl adjacent to an activating group) is 1. The number of likely N-dealkylation sites (tertiary alicyclic amines) is 1. The summed E-state index contributed by atoms with van der Waals surface area (Å²) in [6.07, 6.45) is 4.61. The summed E-state index contributed by atoms with van der Waals surface area (Å²) < 4.78 is 10.7. The molecule has 1 atom stereocenters. The number of fused-ring (bicyclic) bond motifs is 2. The van der Waals surface area contributed by atoms with E-state index in [1.165, 1.54) is 23.2 Å². The van der Waals surface area contributed by atoms with Crippen LogP contribution in [0.15, 0.2) is 36.4 Å². The highest BCUT2D eigenvalue weighted by Crippen LogP contribution is 2.33. The number of anilines is 1. The summed E-state index contributed by atoms with van der Waals surface area (Å²) in [6.45, 7) is 3.91. The summed E-state index contributed by atoms with van der Waals surface area (Å²) in [5.41, 5.74) is 4.69. The number of hydrogen-bond donors (Lipinski definition) is 2. The van der Waals surface area contributed by atoms with Gasteiger partial charge in [-0.25, -0.2) is 0 Å². The van der Waals surface area contributed by atoms with Gasteiger partial charge in [0.15, 0.2) is 11.5 Å². The number of nitrogens with one attached hydrogen (secondary N) is 2. The van der Waals surface area contributed by atoms with Gasteiger partial charge in [0.25, 0.3) is 0 Å². The fourth-order valence-corrected chi connectivity index (χ4v) is 5.06. The van der Waals surface area contributed by atoms with Crippen LogP contribution in [-0.2, 0) is 22.6 Å². The molecule has 3 aliphatic rings. The molecule has 0 saturated carbocycles. The molecular formula is C26H32N4O4. The van der Waals surface area contributed by atoms with Crippen molar-refractivity contribution in [3.8, 4) is 11.5 Å². The Bertz CT molecular complexity index is 1070. The summed E-state index contributed by atoms with van der Waals surface area (Å²) in [6, 6.07) is 12.2. The van der Waals surface area contributed by atoms with E-state index in [1.54, 1.807) is 0 Å². The second-order valence-corrected chi connectivity index (χ2v) is 9.25. The summed E-state index contributed by atoms with van der Waals surface area (Å²) in [5, 5.41) is 5.59. The average Bonchev–Trinajstić information content (AvgIpc) is 3.49. The molecule has 0 bridgehead atoms. The Balaban J connectivity index is 1.21. The lowest BCUT2D eigenvalue weighted by atomic mass is 9.98. The van der Waals surface area contributed by atoms with Gasteiger partial charge >= 0.3 is 11.8 Å². The van der Waals surface area contributed by atoms with Crippen LogP contribution < -0.4 is 25.0 Å². The quantitative estimate of drug-likeness (QED) is 0.639. The average molecular weight is 465 g/mol. The molecule has 2 aromatic rings. The molecule has 1 unspecified atom stereocenters. The van der Waals surface area contributed by atoms with E-state index in [1.807, 2.05) is 18.2 Å². The van der Waals surface area contributed by atoms with Gasteiger partial charge in [-0.3, -0.25) is 14.5 Å². The monoisotopic (exact) mass is 464 g/mol. The summed E-state index contributed by atoms with van der Waals surface area (Å²) in [4.78, 5) is 29.8. The van der Waals surface area contributed by atoms with Crippen LogP contribution in [0.25, 0.3) is 0 Å². The molecule has 3 aliphatic heterocycles. The molecule has 8 nitrogen and oxygen atoms in total. The number of ether oxygens (including phenoxy) is 2. The van der Waals surface area contributed by atoms with Crippen molar-refractivity contribution in [3.63, 3.8) is 0 Å². The van der Waals surface area contributed by atoms with Crippen molar-refractivity contribution in [2.75, 3.05) is 44.9 Å². The predicted octanol–water partition coefficient (Wildman–Crippen LogP) is 2.37. The highest BCUT2D eigenvalue weighted by atomic mass is 16.7. The van der Waals surface area contributed by atoms with Gasteiger partial charge in [-0.15, -0.1) is 0 Å². The minimum absolute atomic E-state index is 0.0575. The third kappa shape index (κ3) is 4.82. The Hall–Kier alpha value is -3.26. The minimum Gasteiger partial charge on any atom is -0.454 e. The van der Waals surface area contributed by atoms with Gasteiger partial charge in [-0.2, -0.15) is 0 Å². The van der Waals surface area contributed by atoms with E-state index in [4.69, 9.17) is 9.47 Å². The highest BCUT2D eigenvalue weighted by molar-refractivity contribution is 6.35. The molecule has 3 heterocycles. The number of carbonyl (C=O) groups excluding carboxylic acids is 2. The van der Waals surface area contributed by atoms with Crippen molar-refractivity contribution in [1.29, 1.82) is 0 Å². The van der Waals surface area contributed by atoms with E-state index in [-0.39, 0.29) is 19.4 Å². The topological polar surface area (TPSA) is 83.1 Å². The molecule has 0 aliphatic carbocycles. The standard InChI is InChI=1S/C26H32N4O4/c1-29-12-9-20-14-19(6-7-21(20)29)22(30-10-3-2-4-11-30)16-28-26(32)25(31)27-15-18-5-8-23-24(13-18)34-17-33-23/h5-8,13-14,22H,2-4,9-12,15-17H2,1H3,(H,27,31)(H,28,32). The summed E-state index contributed by atoms with van der Waals surface area (Å²) in [5.74, 6) is 0.102. The molecule has 1 fully saturated rings. The van der Waals surface area contributed by atoms with Gasteiger partial charge in [0.1, 0.15) is 0 Å². The number of rotatable bonds is 6. The molecule has 0 aromatic heterocycles. The Morgan fingerprint density at radius 1 is 0.941 bits per heavy atom. The molecule has 8 heteroatoms. The first-order valence-corrected chi connectivity index (χ1v) is 12.1. The molecule has 34 heavy (non-hydrogen) atoms. The zero-order valence-corrected chi connectivity index (χ0v) is 19.6. The van der Waals surface area contributed by atoms with E-state index in [2.05, 4.69) is 45.7 Å². The van der Waals surface area contributed by atoms with E-state index < -0.39 is 11.8 Å². The minimum atomic E-state index is -0.634. The van der Waals surface area contributed by atoms with Gasteiger partial charge in [0.2, 0.25) is 6.79 Å². The first-order chi connectivity index (χ1) is 16.6. The second-order valence-electron chi connectivity index (χ2n) is 9.25. The molecule has 180 valence electrons. The first-order valence-electron chi connectivity index (χ1n) is 12.1. The van der Waals surface area contributed by atoms with Crippen LogP contribution in [0, 0.1) is 0 Å². The van der Waals surface area contributed by atoms with Crippen LogP contribution in [-0.4, -0.2) is 56.7 Å². The maximum atomic E-state index is 12.6. The van der Waals surface area contributed by atoms with Gasteiger partial charge in [-0.05, 0) is 67.2 Å². The fraction of sp³-hybridized carbons (Fsp3) is 0.462. The molecule has 2 aromatic carbocycles. The lowest BCUT2D eigenvalue weighted by molar-refractivity contribution is -0.139. The third-order valence-corrected chi connectivity index (χ3v) is 7.00. The molecule has 0 radical (unpaired) electrons. The SMILES string of the molecule is CN1CCc2cc(C(CNC(=O)C(=O)NCc3ccc4c(c3)OCO4)N3CCCCC3)ccc21. The molecule has 1 saturated heterocycles. The summed E-state index contributed by atoms with van der Waals surface area (Å²) in [7, 11) is 2.12. The Morgan fingerprint density at radius 2 is 1.74 bits per heavy atom. The van der Waals surface area contributed by atoms with Gasteiger partial charge in [-0.1, -0.05) is 24.6 Å². The van der Waals surface area contributed by atoms with E-state index in [0.717, 1.165) is 44.5 Å². The van der Waals surface area contributed by atoms with Crippen molar-refractivity contribution in [2.45, 2.75) is 38.3 Å². The van der Waals surface area contributed by atoms with Gasteiger partial charge in [0, 0.05) is 32.4 Å². The zero-order chi connectivity index (χ0) is 23.5. The lowest BCUT2D eigenvalue weighted by Crippen LogP contribution is -2.45. The van der Waals surface area contributed by atoms with E-state index >= 15 is 0 Å². The Labute approximate surface area is 200 Å². The maximum absolute atomic E-state index is 12.6. The largest absolute Gasteiger partial charge is 0.454 e. The first kappa shape index (κ1) is 22.5. The van der Waals surface area contributed by atoms with Crippen molar-refractivity contribution >= 4 is 17.5 Å². The molecule has 2 N–H and O–H groups in total. The number of nitrogens with zero attached hydrogens (tertiary/aromatic N) is 2. The molecule has 2 amide bonds. The second kappa shape index (κ2) is 9.93. The number of piperidine rings is 1. The van der Waals surface area contributed by atoms with Crippen molar-refractivity contribution in [1.82, 2.24) is 15.5 Å². The van der Waals surface area contributed by atoms with Crippen LogP contribution in [0.3, 0.4) is 0 Å². The molecule has 0 spiro atoms.